The predicted octanol–water partition coefficient (Wildman–Crippen LogP) is 3.53. The first-order chi connectivity index (χ1) is 12.5. The molecule has 0 aliphatic carbocycles. The highest BCUT2D eigenvalue weighted by atomic mass is 35.5. The van der Waals surface area contributed by atoms with Crippen LogP contribution >= 0.6 is 24.8 Å². The van der Waals surface area contributed by atoms with Gasteiger partial charge in [0.15, 0.2) is 0 Å². The van der Waals surface area contributed by atoms with E-state index in [2.05, 4.69) is 36.6 Å². The summed E-state index contributed by atoms with van der Waals surface area (Å²) >= 11 is 0. The van der Waals surface area contributed by atoms with Crippen molar-refractivity contribution in [2.24, 2.45) is 5.73 Å². The molecule has 1 aliphatic heterocycles. The molecule has 0 saturated carbocycles. The van der Waals surface area contributed by atoms with Crippen molar-refractivity contribution in [3.05, 3.63) is 30.1 Å². The summed E-state index contributed by atoms with van der Waals surface area (Å²) in [5, 5.41) is 0. The Labute approximate surface area is 179 Å². The van der Waals surface area contributed by atoms with Gasteiger partial charge in [0.2, 0.25) is 5.91 Å². The highest BCUT2D eigenvalue weighted by molar-refractivity contribution is 5.85. The Morgan fingerprint density at radius 3 is 2.68 bits per heavy atom. The quantitative estimate of drug-likeness (QED) is 0.760. The number of carbonyl (C=O) groups excluding carboxylic acids is 1. The van der Waals surface area contributed by atoms with Crippen molar-refractivity contribution in [3.8, 4) is 0 Å². The minimum absolute atomic E-state index is 0. The number of nitrogens with zero attached hydrogens (tertiary/aromatic N) is 3. The third-order valence-electron chi connectivity index (χ3n) is 5.28. The number of methoxy groups -OCH3 is 1. The number of fused-ring (bicyclic) bond motifs is 1. The fourth-order valence-electron chi connectivity index (χ4n) is 3.89. The van der Waals surface area contributed by atoms with Gasteiger partial charge in [0.05, 0.1) is 23.6 Å². The first kappa shape index (κ1) is 24.7. The van der Waals surface area contributed by atoms with Crippen molar-refractivity contribution >= 4 is 41.8 Å². The maximum absolute atomic E-state index is 12.7. The fourth-order valence-corrected chi connectivity index (χ4v) is 3.89. The molecule has 2 N–H and O–H groups in total. The van der Waals surface area contributed by atoms with E-state index < -0.39 is 0 Å². The molecule has 1 saturated heterocycles. The average molecular weight is 431 g/mol. The third-order valence-corrected chi connectivity index (χ3v) is 5.28. The zero-order valence-corrected chi connectivity index (χ0v) is 18.5. The molecular weight excluding hydrogens is 399 g/mol. The highest BCUT2D eigenvalue weighted by Gasteiger charge is 2.29. The lowest BCUT2D eigenvalue weighted by Crippen LogP contribution is -2.42. The van der Waals surface area contributed by atoms with Crippen LogP contribution in [0.25, 0.3) is 11.0 Å². The van der Waals surface area contributed by atoms with Crippen molar-refractivity contribution in [3.63, 3.8) is 0 Å². The largest absolute Gasteiger partial charge is 0.380 e. The first-order valence-corrected chi connectivity index (χ1v) is 9.52. The van der Waals surface area contributed by atoms with Gasteiger partial charge in [-0.05, 0) is 38.8 Å². The standard InChI is InChI=1S/C20H30N4O2.2ClH/c1-14(2)24-18-9-5-4-8-17(18)22-20(24)15-7-6-10-23(13-15)19(25)11-16(12-21)26-3;;/h4-5,8-9,14-16H,6-7,10-13,21H2,1-3H3;2*1H. The van der Waals surface area contributed by atoms with E-state index in [1.807, 2.05) is 11.0 Å². The summed E-state index contributed by atoms with van der Waals surface area (Å²) < 4.78 is 7.60. The van der Waals surface area contributed by atoms with E-state index in [0.717, 1.165) is 37.3 Å². The van der Waals surface area contributed by atoms with Crippen LogP contribution in [0.1, 0.15) is 50.9 Å². The molecule has 1 aliphatic rings. The number of benzene rings is 1. The normalized spacial score (nSPS) is 17.9. The number of rotatable bonds is 6. The molecule has 1 aromatic heterocycles. The van der Waals surface area contributed by atoms with Crippen LogP contribution in [0.15, 0.2) is 24.3 Å². The number of likely N-dealkylation sites (tertiary alicyclic amines) is 1. The molecule has 28 heavy (non-hydrogen) atoms. The Morgan fingerprint density at radius 2 is 2.04 bits per heavy atom. The van der Waals surface area contributed by atoms with E-state index in [0.29, 0.717) is 19.0 Å². The summed E-state index contributed by atoms with van der Waals surface area (Å²) in [5.41, 5.74) is 7.87. The zero-order chi connectivity index (χ0) is 18.7. The topological polar surface area (TPSA) is 73.4 Å². The Balaban J connectivity index is 0.00000196. The number of aromatic nitrogens is 2. The van der Waals surface area contributed by atoms with Gasteiger partial charge in [-0.1, -0.05) is 12.1 Å². The summed E-state index contributed by atoms with van der Waals surface area (Å²) in [6.07, 6.45) is 2.20. The van der Waals surface area contributed by atoms with E-state index >= 15 is 0 Å². The number of hydrogen-bond donors (Lipinski definition) is 1. The van der Waals surface area contributed by atoms with E-state index in [9.17, 15) is 4.79 Å². The lowest BCUT2D eigenvalue weighted by Gasteiger charge is -2.34. The molecule has 0 radical (unpaired) electrons. The third kappa shape index (κ3) is 5.17. The number of hydrogen-bond acceptors (Lipinski definition) is 4. The van der Waals surface area contributed by atoms with Gasteiger partial charge in [0.25, 0.3) is 0 Å². The van der Waals surface area contributed by atoms with Crippen LogP contribution in [-0.4, -0.2) is 53.2 Å². The van der Waals surface area contributed by atoms with E-state index in [-0.39, 0.29) is 42.7 Å². The molecular formula is C20H32Cl2N4O2. The maximum Gasteiger partial charge on any atom is 0.225 e. The van der Waals surface area contributed by atoms with Gasteiger partial charge in [-0.2, -0.15) is 0 Å². The van der Waals surface area contributed by atoms with Crippen molar-refractivity contribution in [2.75, 3.05) is 26.7 Å². The second kappa shape index (κ2) is 11.0. The number of carbonyl (C=O) groups is 1. The van der Waals surface area contributed by atoms with E-state index in [1.54, 1.807) is 7.11 Å². The van der Waals surface area contributed by atoms with Gasteiger partial charge in [-0.15, -0.1) is 24.8 Å². The zero-order valence-electron chi connectivity index (χ0n) is 16.8. The molecule has 1 amide bonds. The van der Waals surface area contributed by atoms with Crippen LogP contribution < -0.4 is 5.73 Å². The molecule has 8 heteroatoms. The first-order valence-electron chi connectivity index (χ1n) is 9.52. The number of para-hydroxylation sites is 2. The molecule has 1 fully saturated rings. The number of halogens is 2. The van der Waals surface area contributed by atoms with Crippen LogP contribution in [0.3, 0.4) is 0 Å². The lowest BCUT2D eigenvalue weighted by molar-refractivity contribution is -0.134. The second-order valence-electron chi connectivity index (χ2n) is 7.40. The fraction of sp³-hybridized carbons (Fsp3) is 0.600. The smallest absolute Gasteiger partial charge is 0.225 e. The van der Waals surface area contributed by atoms with Crippen molar-refractivity contribution < 1.29 is 9.53 Å². The molecule has 158 valence electrons. The van der Waals surface area contributed by atoms with Gasteiger partial charge in [-0.3, -0.25) is 4.79 Å². The SMILES string of the molecule is COC(CN)CC(=O)N1CCCC(c2nc3ccccc3n2C(C)C)C1.Cl.Cl. The second-order valence-corrected chi connectivity index (χ2v) is 7.40. The number of amides is 1. The molecule has 1 aromatic carbocycles. The van der Waals surface area contributed by atoms with Gasteiger partial charge in [0.1, 0.15) is 5.82 Å². The van der Waals surface area contributed by atoms with Gasteiger partial charge >= 0.3 is 0 Å². The van der Waals surface area contributed by atoms with Crippen LogP contribution in [0.4, 0.5) is 0 Å². The van der Waals surface area contributed by atoms with Crippen LogP contribution in [0, 0.1) is 0 Å². The minimum Gasteiger partial charge on any atom is -0.380 e. The van der Waals surface area contributed by atoms with Crippen LogP contribution in [0.5, 0.6) is 0 Å². The molecule has 6 nitrogen and oxygen atoms in total. The molecule has 2 aromatic rings. The number of nitrogens with two attached hydrogens (primary N) is 1. The molecule has 2 heterocycles. The van der Waals surface area contributed by atoms with Gasteiger partial charge in [0, 0.05) is 38.7 Å². The molecule has 0 spiro atoms. The summed E-state index contributed by atoms with van der Waals surface area (Å²) in [6, 6.07) is 8.61. The van der Waals surface area contributed by atoms with Crippen molar-refractivity contribution in [1.29, 1.82) is 0 Å². The molecule has 2 unspecified atom stereocenters. The monoisotopic (exact) mass is 430 g/mol. The van der Waals surface area contributed by atoms with E-state index in [1.165, 1.54) is 5.52 Å². The number of imidazole rings is 1. The maximum atomic E-state index is 12.7. The highest BCUT2D eigenvalue weighted by Crippen LogP contribution is 2.31. The van der Waals surface area contributed by atoms with Crippen molar-refractivity contribution in [2.45, 2.75) is 51.2 Å². The lowest BCUT2D eigenvalue weighted by atomic mass is 9.96. The predicted molar refractivity (Wildman–Crippen MR) is 118 cm³/mol. The average Bonchev–Trinajstić information content (AvgIpc) is 3.06. The summed E-state index contributed by atoms with van der Waals surface area (Å²) in [7, 11) is 1.61. The summed E-state index contributed by atoms with van der Waals surface area (Å²) in [5.74, 6) is 1.49. The summed E-state index contributed by atoms with van der Waals surface area (Å²) in [6.45, 7) is 6.26. The molecule has 3 rings (SSSR count). The Bertz CT molecular complexity index is 762. The Morgan fingerprint density at radius 1 is 1.32 bits per heavy atom. The van der Waals surface area contributed by atoms with Crippen LogP contribution in [-0.2, 0) is 9.53 Å². The van der Waals surface area contributed by atoms with Crippen molar-refractivity contribution in [1.82, 2.24) is 14.5 Å². The van der Waals surface area contributed by atoms with E-state index in [4.69, 9.17) is 15.5 Å². The Hall–Kier alpha value is -1.34. The minimum atomic E-state index is -0.205. The van der Waals surface area contributed by atoms with Gasteiger partial charge in [-0.25, -0.2) is 4.98 Å². The number of ether oxygens (including phenoxy) is 1. The number of piperidine rings is 1. The Kier molecular flexibility index (Phi) is 9.70. The summed E-state index contributed by atoms with van der Waals surface area (Å²) in [4.78, 5) is 19.5. The van der Waals surface area contributed by atoms with Gasteiger partial charge < -0.3 is 19.9 Å². The van der Waals surface area contributed by atoms with Crippen LogP contribution in [0.2, 0.25) is 0 Å². The molecule has 0 bridgehead atoms. The molecule has 2 atom stereocenters.